The Morgan fingerprint density at radius 1 is 1.50 bits per heavy atom. The molecule has 96 valence electrons. The molecule has 0 unspecified atom stereocenters. The summed E-state index contributed by atoms with van der Waals surface area (Å²) in [6.07, 6.45) is 1.34. The summed E-state index contributed by atoms with van der Waals surface area (Å²) < 4.78 is 13.4. The number of unbranched alkanes of at least 4 members (excludes halogenated alkanes) is 1. The van der Waals surface area contributed by atoms with E-state index in [1.54, 1.807) is 0 Å². The van der Waals surface area contributed by atoms with E-state index in [0.29, 0.717) is 25.9 Å². The molecule has 0 fully saturated rings. The highest BCUT2D eigenvalue weighted by molar-refractivity contribution is 6.30. The fourth-order valence-corrected chi connectivity index (χ4v) is 1.48. The summed E-state index contributed by atoms with van der Waals surface area (Å²) in [5.41, 5.74) is 8.02. The van der Waals surface area contributed by atoms with E-state index in [0.717, 1.165) is 6.07 Å². The minimum absolute atomic E-state index is 0.0329. The summed E-state index contributed by atoms with van der Waals surface area (Å²) in [4.78, 5) is 14.2. The number of hydrogen-bond donors (Lipinski definition) is 1. The maximum absolute atomic E-state index is 13.4. The molecule has 1 rings (SSSR count). The molecular formula is C11H12ClFN4O. The van der Waals surface area contributed by atoms with E-state index in [2.05, 4.69) is 15.3 Å². The van der Waals surface area contributed by atoms with E-state index in [4.69, 9.17) is 17.1 Å². The van der Waals surface area contributed by atoms with Gasteiger partial charge in [-0.2, -0.15) is 0 Å². The topological polar surface area (TPSA) is 77.9 Å². The number of carbonyl (C=O) groups is 1. The molecule has 0 spiro atoms. The van der Waals surface area contributed by atoms with Crippen LogP contribution in [0.25, 0.3) is 10.4 Å². The van der Waals surface area contributed by atoms with Gasteiger partial charge in [0.2, 0.25) is 0 Å². The second-order valence-electron chi connectivity index (χ2n) is 3.54. The highest BCUT2D eigenvalue weighted by Crippen LogP contribution is 2.14. The predicted octanol–water partition coefficient (Wildman–Crippen LogP) is 3.30. The molecule has 0 aliphatic carbocycles. The van der Waals surface area contributed by atoms with Crippen molar-refractivity contribution in [3.8, 4) is 0 Å². The second-order valence-corrected chi connectivity index (χ2v) is 3.98. The summed E-state index contributed by atoms with van der Waals surface area (Å²) in [6, 6.07) is 3.90. The maximum atomic E-state index is 13.4. The number of azide groups is 1. The largest absolute Gasteiger partial charge is 0.352 e. The summed E-state index contributed by atoms with van der Waals surface area (Å²) in [5.74, 6) is -1.12. The van der Waals surface area contributed by atoms with Crippen molar-refractivity contribution in [3.63, 3.8) is 0 Å². The van der Waals surface area contributed by atoms with Crippen LogP contribution in [-0.4, -0.2) is 19.0 Å². The molecule has 1 aromatic rings. The van der Waals surface area contributed by atoms with Crippen LogP contribution in [0.15, 0.2) is 23.3 Å². The van der Waals surface area contributed by atoms with Gasteiger partial charge in [-0.25, -0.2) is 4.39 Å². The first kappa shape index (κ1) is 14.3. The third-order valence-electron chi connectivity index (χ3n) is 2.21. The highest BCUT2D eigenvalue weighted by atomic mass is 35.5. The van der Waals surface area contributed by atoms with E-state index in [1.165, 1.54) is 12.1 Å². The third kappa shape index (κ3) is 4.61. The minimum Gasteiger partial charge on any atom is -0.352 e. The molecule has 0 aromatic heterocycles. The van der Waals surface area contributed by atoms with Gasteiger partial charge in [0, 0.05) is 23.0 Å². The molecule has 1 N–H and O–H groups in total. The van der Waals surface area contributed by atoms with Crippen molar-refractivity contribution in [2.45, 2.75) is 12.8 Å². The van der Waals surface area contributed by atoms with Gasteiger partial charge in [0.05, 0.1) is 5.56 Å². The zero-order valence-corrected chi connectivity index (χ0v) is 10.3. The molecule has 18 heavy (non-hydrogen) atoms. The average molecular weight is 271 g/mol. The van der Waals surface area contributed by atoms with Crippen molar-refractivity contribution >= 4 is 17.5 Å². The predicted molar refractivity (Wildman–Crippen MR) is 67.0 cm³/mol. The second kappa shape index (κ2) is 7.53. The monoisotopic (exact) mass is 270 g/mol. The van der Waals surface area contributed by atoms with E-state index >= 15 is 0 Å². The van der Waals surface area contributed by atoms with Crippen LogP contribution in [0.2, 0.25) is 5.02 Å². The van der Waals surface area contributed by atoms with Gasteiger partial charge >= 0.3 is 0 Å². The van der Waals surface area contributed by atoms with Crippen molar-refractivity contribution in [3.05, 3.63) is 45.0 Å². The van der Waals surface area contributed by atoms with Crippen LogP contribution >= 0.6 is 11.6 Å². The summed E-state index contributed by atoms with van der Waals surface area (Å²) in [6.45, 7) is 0.795. The molecule has 0 saturated heterocycles. The quantitative estimate of drug-likeness (QED) is 0.366. The van der Waals surface area contributed by atoms with E-state index in [-0.39, 0.29) is 10.6 Å². The molecule has 5 nitrogen and oxygen atoms in total. The van der Waals surface area contributed by atoms with Crippen molar-refractivity contribution in [1.82, 2.24) is 5.32 Å². The van der Waals surface area contributed by atoms with Gasteiger partial charge in [0.1, 0.15) is 5.82 Å². The van der Waals surface area contributed by atoms with Gasteiger partial charge in [-0.3, -0.25) is 4.79 Å². The van der Waals surface area contributed by atoms with Crippen LogP contribution in [-0.2, 0) is 0 Å². The molecular weight excluding hydrogens is 259 g/mol. The minimum atomic E-state index is -0.644. The fourth-order valence-electron chi connectivity index (χ4n) is 1.32. The molecule has 1 aromatic carbocycles. The zero-order valence-electron chi connectivity index (χ0n) is 9.57. The summed E-state index contributed by atoms with van der Waals surface area (Å²) in [7, 11) is 0. The van der Waals surface area contributed by atoms with Gasteiger partial charge in [-0.05, 0) is 36.6 Å². The Morgan fingerprint density at radius 2 is 2.28 bits per heavy atom. The lowest BCUT2D eigenvalue weighted by Crippen LogP contribution is -2.25. The standard InChI is InChI=1S/C11H12ClFN4O/c12-8-3-4-9(10(13)7-8)11(18)15-5-1-2-6-16-17-14/h3-4,7H,1-2,5-6H2,(H,15,18). The van der Waals surface area contributed by atoms with Crippen molar-refractivity contribution < 1.29 is 9.18 Å². The number of nitrogens with one attached hydrogen (secondary N) is 1. The first-order valence-electron chi connectivity index (χ1n) is 5.39. The molecule has 0 aliphatic rings. The third-order valence-corrected chi connectivity index (χ3v) is 2.44. The van der Waals surface area contributed by atoms with Crippen molar-refractivity contribution in [2.24, 2.45) is 5.11 Å². The number of nitrogens with zero attached hydrogens (tertiary/aromatic N) is 3. The maximum Gasteiger partial charge on any atom is 0.254 e. The molecule has 7 heteroatoms. The molecule has 0 radical (unpaired) electrons. The van der Waals surface area contributed by atoms with E-state index < -0.39 is 11.7 Å². The van der Waals surface area contributed by atoms with E-state index in [9.17, 15) is 9.18 Å². The Kier molecular flexibility index (Phi) is 5.97. The molecule has 0 atom stereocenters. The first-order chi connectivity index (χ1) is 8.65. The van der Waals surface area contributed by atoms with Gasteiger partial charge in [-0.15, -0.1) is 0 Å². The van der Waals surface area contributed by atoms with Gasteiger partial charge in [-0.1, -0.05) is 16.7 Å². The lowest BCUT2D eigenvalue weighted by atomic mass is 10.2. The number of benzene rings is 1. The summed E-state index contributed by atoms with van der Waals surface area (Å²) >= 11 is 5.59. The Morgan fingerprint density at radius 3 is 2.94 bits per heavy atom. The number of amides is 1. The van der Waals surface area contributed by atoms with Crippen LogP contribution < -0.4 is 5.32 Å². The first-order valence-corrected chi connectivity index (χ1v) is 5.77. The van der Waals surface area contributed by atoms with Crippen LogP contribution in [0.4, 0.5) is 4.39 Å². The Balaban J connectivity index is 2.38. The Labute approximate surface area is 109 Å². The number of halogens is 2. The molecule has 0 bridgehead atoms. The highest BCUT2D eigenvalue weighted by Gasteiger charge is 2.10. The zero-order chi connectivity index (χ0) is 13.4. The Hall–Kier alpha value is -1.78. The fraction of sp³-hybridized carbons (Fsp3) is 0.364. The van der Waals surface area contributed by atoms with Crippen LogP contribution in [0, 0.1) is 5.82 Å². The lowest BCUT2D eigenvalue weighted by Gasteiger charge is -2.05. The average Bonchev–Trinajstić information content (AvgIpc) is 2.33. The van der Waals surface area contributed by atoms with Crippen LogP contribution in [0.3, 0.4) is 0 Å². The molecule has 0 heterocycles. The smallest absolute Gasteiger partial charge is 0.254 e. The van der Waals surface area contributed by atoms with Gasteiger partial charge in [0.25, 0.3) is 5.91 Å². The lowest BCUT2D eigenvalue weighted by molar-refractivity contribution is 0.0949. The van der Waals surface area contributed by atoms with Gasteiger partial charge in [0.15, 0.2) is 0 Å². The molecule has 1 amide bonds. The molecule has 0 saturated carbocycles. The van der Waals surface area contributed by atoms with E-state index in [1.807, 2.05) is 0 Å². The van der Waals surface area contributed by atoms with Gasteiger partial charge < -0.3 is 5.32 Å². The summed E-state index contributed by atoms with van der Waals surface area (Å²) in [5, 5.41) is 6.19. The SMILES string of the molecule is [N-]=[N+]=NCCCCNC(=O)c1ccc(Cl)cc1F. The number of hydrogen-bond acceptors (Lipinski definition) is 2. The molecule has 0 aliphatic heterocycles. The van der Waals surface area contributed by atoms with Crippen LogP contribution in [0.5, 0.6) is 0 Å². The van der Waals surface area contributed by atoms with Crippen LogP contribution in [0.1, 0.15) is 23.2 Å². The number of carbonyl (C=O) groups excluding carboxylic acids is 1. The number of rotatable bonds is 6. The Bertz CT molecular complexity index is 474. The normalized spacial score (nSPS) is 9.67. The van der Waals surface area contributed by atoms with Crippen molar-refractivity contribution in [2.75, 3.05) is 13.1 Å². The van der Waals surface area contributed by atoms with Crippen molar-refractivity contribution in [1.29, 1.82) is 0 Å².